The van der Waals surface area contributed by atoms with Crippen LogP contribution in [0.25, 0.3) is 0 Å². The second-order valence-electron chi connectivity index (χ2n) is 5.92. The summed E-state index contributed by atoms with van der Waals surface area (Å²) in [5.41, 5.74) is 1.16. The van der Waals surface area contributed by atoms with Gasteiger partial charge in [-0.2, -0.15) is 0 Å². The number of rotatable bonds is 6. The molecule has 5 nitrogen and oxygen atoms in total. The van der Waals surface area contributed by atoms with E-state index in [0.29, 0.717) is 13.2 Å². The fourth-order valence-electron chi connectivity index (χ4n) is 2.44. The number of aryl methyl sites for hydroxylation is 1. The highest BCUT2D eigenvalue weighted by molar-refractivity contribution is 14.0. The minimum Gasteiger partial charge on any atom is -0.492 e. The standard InChI is InChI=1S/C17H27N3O2.HI/c1-14-5-7-15(8-6-14)21-12-10-19-16(18-3)20-13-17(2)9-4-11-22-17;/h5-8H,4,9-13H2,1-3H3,(H2,18,19,20);1H. The van der Waals surface area contributed by atoms with E-state index in [-0.39, 0.29) is 29.6 Å². The Morgan fingerprint density at radius 1 is 1.30 bits per heavy atom. The van der Waals surface area contributed by atoms with Gasteiger partial charge in [-0.05, 0) is 38.8 Å². The van der Waals surface area contributed by atoms with Crippen molar-refractivity contribution in [1.29, 1.82) is 0 Å². The number of hydrogen-bond donors (Lipinski definition) is 2. The zero-order valence-electron chi connectivity index (χ0n) is 14.2. The van der Waals surface area contributed by atoms with Crippen LogP contribution in [0.15, 0.2) is 29.3 Å². The molecule has 130 valence electrons. The van der Waals surface area contributed by atoms with E-state index in [4.69, 9.17) is 9.47 Å². The van der Waals surface area contributed by atoms with E-state index >= 15 is 0 Å². The molecule has 23 heavy (non-hydrogen) atoms. The molecule has 0 bridgehead atoms. The Bertz CT molecular complexity index is 485. The molecule has 0 saturated carbocycles. The first-order valence-corrected chi connectivity index (χ1v) is 7.89. The summed E-state index contributed by atoms with van der Waals surface area (Å²) in [7, 11) is 1.77. The van der Waals surface area contributed by atoms with Crippen LogP contribution >= 0.6 is 24.0 Å². The lowest BCUT2D eigenvalue weighted by molar-refractivity contribution is 0.0243. The van der Waals surface area contributed by atoms with E-state index in [1.807, 2.05) is 24.3 Å². The van der Waals surface area contributed by atoms with Gasteiger partial charge < -0.3 is 20.1 Å². The molecular formula is C17H28IN3O2. The fraction of sp³-hybridized carbons (Fsp3) is 0.588. The van der Waals surface area contributed by atoms with Crippen molar-refractivity contribution in [3.63, 3.8) is 0 Å². The van der Waals surface area contributed by atoms with Crippen LogP contribution in [0, 0.1) is 6.92 Å². The maximum atomic E-state index is 5.76. The van der Waals surface area contributed by atoms with Gasteiger partial charge in [0.1, 0.15) is 12.4 Å². The van der Waals surface area contributed by atoms with Gasteiger partial charge in [-0.25, -0.2) is 0 Å². The zero-order valence-corrected chi connectivity index (χ0v) is 16.6. The van der Waals surface area contributed by atoms with Gasteiger partial charge in [0, 0.05) is 20.2 Å². The third kappa shape index (κ3) is 6.95. The van der Waals surface area contributed by atoms with Crippen molar-refractivity contribution in [2.75, 3.05) is 33.4 Å². The van der Waals surface area contributed by atoms with Crippen LogP contribution in [0.1, 0.15) is 25.3 Å². The van der Waals surface area contributed by atoms with E-state index in [1.165, 1.54) is 5.56 Å². The van der Waals surface area contributed by atoms with Crippen molar-refractivity contribution >= 4 is 29.9 Å². The molecule has 1 aromatic carbocycles. The Hall–Kier alpha value is -1.02. The third-order valence-corrected chi connectivity index (χ3v) is 3.84. The predicted octanol–water partition coefficient (Wildman–Crippen LogP) is 2.73. The molecule has 1 aromatic rings. The van der Waals surface area contributed by atoms with Crippen molar-refractivity contribution in [3.05, 3.63) is 29.8 Å². The molecule has 1 unspecified atom stereocenters. The number of aliphatic imine (C=N–C) groups is 1. The molecular weight excluding hydrogens is 405 g/mol. The molecule has 0 aromatic heterocycles. The summed E-state index contributed by atoms with van der Waals surface area (Å²) in [6, 6.07) is 8.07. The quantitative estimate of drug-likeness (QED) is 0.314. The van der Waals surface area contributed by atoms with E-state index in [2.05, 4.69) is 29.5 Å². The third-order valence-electron chi connectivity index (χ3n) is 3.84. The number of hydrogen-bond acceptors (Lipinski definition) is 3. The maximum Gasteiger partial charge on any atom is 0.191 e. The van der Waals surface area contributed by atoms with Crippen LogP contribution in [0.3, 0.4) is 0 Å². The fourth-order valence-corrected chi connectivity index (χ4v) is 2.44. The minimum absolute atomic E-state index is 0. The first-order valence-electron chi connectivity index (χ1n) is 7.89. The average Bonchev–Trinajstić information content (AvgIpc) is 2.95. The van der Waals surface area contributed by atoms with E-state index in [0.717, 1.165) is 37.7 Å². The van der Waals surface area contributed by atoms with Gasteiger partial charge in [0.2, 0.25) is 0 Å². The van der Waals surface area contributed by atoms with Crippen molar-refractivity contribution in [2.24, 2.45) is 4.99 Å². The van der Waals surface area contributed by atoms with Crippen molar-refractivity contribution < 1.29 is 9.47 Å². The Kier molecular flexibility index (Phi) is 8.68. The summed E-state index contributed by atoms with van der Waals surface area (Å²) < 4.78 is 11.4. The van der Waals surface area contributed by atoms with Crippen LogP contribution < -0.4 is 15.4 Å². The first kappa shape index (κ1) is 20.0. The van der Waals surface area contributed by atoms with Gasteiger partial charge in [-0.15, -0.1) is 24.0 Å². The highest BCUT2D eigenvalue weighted by Gasteiger charge is 2.29. The summed E-state index contributed by atoms with van der Waals surface area (Å²) >= 11 is 0. The predicted molar refractivity (Wildman–Crippen MR) is 105 cm³/mol. The Morgan fingerprint density at radius 2 is 2.04 bits per heavy atom. The van der Waals surface area contributed by atoms with Crippen LogP contribution in [0.5, 0.6) is 5.75 Å². The first-order chi connectivity index (χ1) is 10.6. The molecule has 2 N–H and O–H groups in total. The Labute approximate surface area is 156 Å². The smallest absolute Gasteiger partial charge is 0.191 e. The van der Waals surface area contributed by atoms with Gasteiger partial charge in [0.15, 0.2) is 5.96 Å². The van der Waals surface area contributed by atoms with Crippen molar-refractivity contribution in [2.45, 2.75) is 32.3 Å². The summed E-state index contributed by atoms with van der Waals surface area (Å²) in [5, 5.41) is 6.57. The number of benzene rings is 1. The number of nitrogens with zero attached hydrogens (tertiary/aromatic N) is 1. The monoisotopic (exact) mass is 433 g/mol. The Morgan fingerprint density at radius 3 is 2.65 bits per heavy atom. The molecule has 1 fully saturated rings. The summed E-state index contributed by atoms with van der Waals surface area (Å²) in [6.07, 6.45) is 2.22. The number of ether oxygens (including phenoxy) is 2. The van der Waals surface area contributed by atoms with Gasteiger partial charge in [-0.1, -0.05) is 17.7 Å². The molecule has 0 spiro atoms. The maximum absolute atomic E-state index is 5.76. The summed E-state index contributed by atoms with van der Waals surface area (Å²) in [4.78, 5) is 4.22. The second-order valence-corrected chi connectivity index (χ2v) is 5.92. The van der Waals surface area contributed by atoms with Gasteiger partial charge in [0.05, 0.1) is 12.1 Å². The molecule has 1 aliphatic heterocycles. The lowest BCUT2D eigenvalue weighted by Gasteiger charge is -2.24. The molecule has 1 atom stereocenters. The highest BCUT2D eigenvalue weighted by Crippen LogP contribution is 2.23. The molecule has 2 rings (SSSR count). The molecule has 1 saturated heterocycles. The Balaban J connectivity index is 0.00000264. The molecule has 1 aliphatic rings. The second kappa shape index (κ2) is 9.97. The molecule has 0 aliphatic carbocycles. The van der Waals surface area contributed by atoms with E-state index < -0.39 is 0 Å². The van der Waals surface area contributed by atoms with Crippen LogP contribution in [0.2, 0.25) is 0 Å². The van der Waals surface area contributed by atoms with Crippen LogP contribution in [0.4, 0.5) is 0 Å². The largest absolute Gasteiger partial charge is 0.492 e. The zero-order chi connectivity index (χ0) is 15.8. The lowest BCUT2D eigenvalue weighted by Crippen LogP contribution is -2.46. The van der Waals surface area contributed by atoms with Crippen molar-refractivity contribution in [3.8, 4) is 5.75 Å². The molecule has 1 heterocycles. The summed E-state index contributed by atoms with van der Waals surface area (Å²) in [5.74, 6) is 1.67. The van der Waals surface area contributed by atoms with Crippen LogP contribution in [-0.4, -0.2) is 44.9 Å². The molecule has 0 radical (unpaired) electrons. The molecule has 6 heteroatoms. The van der Waals surface area contributed by atoms with Gasteiger partial charge in [-0.3, -0.25) is 4.99 Å². The van der Waals surface area contributed by atoms with Crippen LogP contribution in [-0.2, 0) is 4.74 Å². The number of halogens is 1. The van der Waals surface area contributed by atoms with Gasteiger partial charge in [0.25, 0.3) is 0 Å². The highest BCUT2D eigenvalue weighted by atomic mass is 127. The minimum atomic E-state index is -0.0734. The summed E-state index contributed by atoms with van der Waals surface area (Å²) in [6.45, 7) is 7.12. The number of guanidine groups is 1. The van der Waals surface area contributed by atoms with E-state index in [1.54, 1.807) is 7.05 Å². The SMILES string of the molecule is CN=C(NCCOc1ccc(C)cc1)NCC1(C)CCCO1.I. The number of nitrogens with one attached hydrogen (secondary N) is 2. The van der Waals surface area contributed by atoms with E-state index in [9.17, 15) is 0 Å². The van der Waals surface area contributed by atoms with Crippen molar-refractivity contribution in [1.82, 2.24) is 10.6 Å². The van der Waals surface area contributed by atoms with Gasteiger partial charge >= 0.3 is 0 Å². The molecule has 0 amide bonds. The lowest BCUT2D eigenvalue weighted by atomic mass is 10.0. The topological polar surface area (TPSA) is 54.9 Å². The normalized spacial score (nSPS) is 20.7. The average molecular weight is 433 g/mol.